The molecule has 10 nitrogen and oxygen atoms in total. The van der Waals surface area contributed by atoms with Crippen molar-refractivity contribution in [3.63, 3.8) is 0 Å². The van der Waals surface area contributed by atoms with Crippen LogP contribution in [-0.2, 0) is 6.18 Å². The number of carbonyl (C=O) groups is 1. The van der Waals surface area contributed by atoms with E-state index < -0.39 is 23.8 Å². The summed E-state index contributed by atoms with van der Waals surface area (Å²) in [5, 5.41) is 23.5. The van der Waals surface area contributed by atoms with Crippen LogP contribution in [0.2, 0.25) is 0 Å². The van der Waals surface area contributed by atoms with Crippen LogP contribution in [0.15, 0.2) is 58.7 Å². The molecule has 4 N–H and O–H groups in total. The number of anilines is 4. The maximum Gasteiger partial charge on any atom is 0.416 e. The SMILES string of the molecule is CCC1=C(NC)C=C(n2nc(C)nc2Nc2cc(C(=O)Nc3cc(N4CCC(O)CC4)cc(C(F)(F)F)c3)ccc2C)N=CC1. The smallest absolute Gasteiger partial charge is 0.393 e. The Morgan fingerprint density at radius 2 is 1.87 bits per heavy atom. The molecule has 0 aliphatic carbocycles. The van der Waals surface area contributed by atoms with E-state index in [9.17, 15) is 23.1 Å². The van der Waals surface area contributed by atoms with Gasteiger partial charge in [-0.2, -0.15) is 22.8 Å². The van der Waals surface area contributed by atoms with Crippen molar-refractivity contribution in [1.29, 1.82) is 0 Å². The Labute approximate surface area is 259 Å². The zero-order valence-electron chi connectivity index (χ0n) is 25.7. The average Bonchev–Trinajstić information content (AvgIpc) is 3.23. The Morgan fingerprint density at radius 3 is 2.56 bits per heavy atom. The van der Waals surface area contributed by atoms with Gasteiger partial charge in [-0.1, -0.05) is 13.0 Å². The number of hydrogen-bond acceptors (Lipinski definition) is 8. The molecule has 2 aromatic carbocycles. The summed E-state index contributed by atoms with van der Waals surface area (Å²) < 4.78 is 43.0. The molecule has 0 saturated carbocycles. The minimum atomic E-state index is -4.60. The number of aliphatic hydroxyl groups is 1. The first-order valence-electron chi connectivity index (χ1n) is 14.9. The van der Waals surface area contributed by atoms with Gasteiger partial charge in [0, 0.05) is 67.2 Å². The fraction of sp³-hybridized carbons (Fsp3) is 0.375. The lowest BCUT2D eigenvalue weighted by atomic mass is 10.1. The largest absolute Gasteiger partial charge is 0.416 e. The number of piperidine rings is 1. The number of rotatable bonds is 8. The van der Waals surface area contributed by atoms with E-state index in [1.54, 1.807) is 34.7 Å². The summed E-state index contributed by atoms with van der Waals surface area (Å²) in [5.74, 6) is 0.892. The van der Waals surface area contributed by atoms with Crippen molar-refractivity contribution in [3.8, 4) is 0 Å². The molecule has 5 rings (SSSR count). The van der Waals surface area contributed by atoms with Gasteiger partial charge in [-0.25, -0.2) is 4.99 Å². The van der Waals surface area contributed by atoms with Gasteiger partial charge in [-0.05, 0) is 74.6 Å². The van der Waals surface area contributed by atoms with Crippen molar-refractivity contribution in [2.45, 2.75) is 58.7 Å². The molecule has 0 radical (unpaired) electrons. The Kier molecular flexibility index (Phi) is 9.28. The molecule has 2 aliphatic rings. The molecule has 0 bridgehead atoms. The average molecular weight is 623 g/mol. The van der Waals surface area contributed by atoms with E-state index in [0.29, 0.717) is 61.3 Å². The lowest BCUT2D eigenvalue weighted by Crippen LogP contribution is -2.36. The molecule has 0 spiro atoms. The number of aryl methyl sites for hydroxylation is 2. The predicted octanol–water partition coefficient (Wildman–Crippen LogP) is 6.03. The highest BCUT2D eigenvalue weighted by Gasteiger charge is 2.32. The molecule has 2 aliphatic heterocycles. The number of halogens is 3. The number of benzene rings is 2. The number of aromatic nitrogens is 3. The van der Waals surface area contributed by atoms with Crippen LogP contribution < -0.4 is 20.9 Å². The van der Waals surface area contributed by atoms with Gasteiger partial charge in [0.2, 0.25) is 5.95 Å². The first-order valence-corrected chi connectivity index (χ1v) is 14.9. The number of carbonyl (C=O) groups excluding carboxylic acids is 1. The van der Waals surface area contributed by atoms with Crippen LogP contribution in [-0.4, -0.2) is 58.2 Å². The molecule has 13 heteroatoms. The lowest BCUT2D eigenvalue weighted by molar-refractivity contribution is -0.137. The first-order chi connectivity index (χ1) is 21.4. The highest BCUT2D eigenvalue weighted by molar-refractivity contribution is 6.05. The van der Waals surface area contributed by atoms with E-state index in [-0.39, 0.29) is 11.3 Å². The number of aliphatic hydroxyl groups excluding tert-OH is 1. The topological polar surface area (TPSA) is 120 Å². The minimum Gasteiger partial charge on any atom is -0.393 e. The summed E-state index contributed by atoms with van der Waals surface area (Å²) in [6.45, 7) is 6.55. The van der Waals surface area contributed by atoms with Crippen LogP contribution in [0.5, 0.6) is 0 Å². The van der Waals surface area contributed by atoms with Gasteiger partial charge >= 0.3 is 6.18 Å². The van der Waals surface area contributed by atoms with Crippen molar-refractivity contribution in [3.05, 3.63) is 76.3 Å². The van der Waals surface area contributed by atoms with Crippen LogP contribution in [0.4, 0.5) is 36.2 Å². The number of nitrogens with zero attached hydrogens (tertiary/aromatic N) is 5. The highest BCUT2D eigenvalue weighted by atomic mass is 19.4. The summed E-state index contributed by atoms with van der Waals surface area (Å²) >= 11 is 0. The summed E-state index contributed by atoms with van der Waals surface area (Å²) in [5.41, 5.74) is 3.30. The van der Waals surface area contributed by atoms with Gasteiger partial charge < -0.3 is 26.0 Å². The molecule has 1 amide bonds. The molecule has 45 heavy (non-hydrogen) atoms. The standard InChI is InChI=1S/C32H37F3N8O2/c1-5-21-8-11-37-29(18-28(21)36-4)43-31(38-20(3)41-43)40-27-14-22(7-6-19(27)2)30(45)39-24-15-23(32(33,34)35)16-25(17-24)42-12-9-26(44)10-13-42/h6-7,11,14-18,26,36,44H,5,8-10,12-13H2,1-4H3,(H,39,45)(H,38,40,41). The van der Waals surface area contributed by atoms with Gasteiger partial charge in [0.1, 0.15) is 5.82 Å². The Bertz CT molecular complexity index is 1670. The Balaban J connectivity index is 1.41. The summed E-state index contributed by atoms with van der Waals surface area (Å²) in [6.07, 6.45) is 1.16. The maximum atomic E-state index is 13.8. The molecule has 1 saturated heterocycles. The number of likely N-dealkylation sites (N-methyl/N-ethyl adjacent to an activating group) is 1. The molecule has 0 unspecified atom stereocenters. The second-order valence-electron chi connectivity index (χ2n) is 11.1. The fourth-order valence-corrected chi connectivity index (χ4v) is 5.36. The van der Waals surface area contributed by atoms with E-state index in [0.717, 1.165) is 29.8 Å². The molecule has 3 aromatic rings. The van der Waals surface area contributed by atoms with Crippen LogP contribution in [0.3, 0.4) is 0 Å². The Hall–Kier alpha value is -4.65. The number of allylic oxidation sites excluding steroid dienone is 2. The molecule has 0 atom stereocenters. The first kappa shape index (κ1) is 31.8. The van der Waals surface area contributed by atoms with Crippen LogP contribution in [0, 0.1) is 13.8 Å². The lowest BCUT2D eigenvalue weighted by Gasteiger charge is -2.32. The molecule has 1 fully saturated rings. The van der Waals surface area contributed by atoms with E-state index >= 15 is 0 Å². The normalized spacial score (nSPS) is 16.0. The molecule has 1 aromatic heterocycles. The van der Waals surface area contributed by atoms with E-state index in [1.807, 2.05) is 26.3 Å². The van der Waals surface area contributed by atoms with E-state index in [1.165, 1.54) is 11.6 Å². The number of alkyl halides is 3. The summed E-state index contributed by atoms with van der Waals surface area (Å²) in [4.78, 5) is 24.3. The fourth-order valence-electron chi connectivity index (χ4n) is 5.36. The van der Waals surface area contributed by atoms with Crippen molar-refractivity contribution in [2.75, 3.05) is 35.7 Å². The second kappa shape index (κ2) is 13.1. The van der Waals surface area contributed by atoms with Crippen LogP contribution in [0.25, 0.3) is 5.82 Å². The van der Waals surface area contributed by atoms with Crippen LogP contribution in [0.1, 0.15) is 59.9 Å². The third-order valence-corrected chi connectivity index (χ3v) is 7.92. The third kappa shape index (κ3) is 7.36. The predicted molar refractivity (Wildman–Crippen MR) is 170 cm³/mol. The van der Waals surface area contributed by atoms with Gasteiger partial charge in [-0.3, -0.25) is 4.79 Å². The summed E-state index contributed by atoms with van der Waals surface area (Å²) in [7, 11) is 1.86. The quantitative estimate of drug-likeness (QED) is 0.242. The van der Waals surface area contributed by atoms with Gasteiger partial charge in [0.25, 0.3) is 5.91 Å². The minimum absolute atomic E-state index is 0.0272. The number of hydrogen-bond donors (Lipinski definition) is 4. The van der Waals surface area contributed by atoms with Gasteiger partial charge in [-0.15, -0.1) is 5.10 Å². The number of amides is 1. The van der Waals surface area contributed by atoms with Gasteiger partial charge in [0.05, 0.1) is 11.7 Å². The number of nitrogens with one attached hydrogen (secondary N) is 3. The number of aliphatic imine (C=N–C) groups is 1. The second-order valence-corrected chi connectivity index (χ2v) is 11.1. The third-order valence-electron chi connectivity index (χ3n) is 7.92. The van der Waals surface area contributed by atoms with Crippen molar-refractivity contribution in [1.82, 2.24) is 20.1 Å². The highest BCUT2D eigenvalue weighted by Crippen LogP contribution is 2.35. The maximum absolute atomic E-state index is 13.8. The summed E-state index contributed by atoms with van der Waals surface area (Å²) in [6, 6.07) is 8.52. The molecule has 238 valence electrons. The van der Waals surface area contributed by atoms with E-state index in [4.69, 9.17) is 0 Å². The monoisotopic (exact) mass is 622 g/mol. The van der Waals surface area contributed by atoms with Crippen LogP contribution >= 0.6 is 0 Å². The molecule has 3 heterocycles. The van der Waals surface area contributed by atoms with E-state index in [2.05, 4.69) is 37.9 Å². The Morgan fingerprint density at radius 1 is 1.11 bits per heavy atom. The van der Waals surface area contributed by atoms with Crippen molar-refractivity contribution in [2.24, 2.45) is 4.99 Å². The van der Waals surface area contributed by atoms with Crippen molar-refractivity contribution < 1.29 is 23.1 Å². The zero-order valence-corrected chi connectivity index (χ0v) is 25.7. The van der Waals surface area contributed by atoms with Crippen molar-refractivity contribution >= 4 is 41.0 Å². The molecular weight excluding hydrogens is 585 g/mol. The zero-order chi connectivity index (χ0) is 32.3. The van der Waals surface area contributed by atoms with Gasteiger partial charge in [0.15, 0.2) is 5.82 Å². The molecular formula is C32H37F3N8O2.